The standard InChI is InChI=1S/C13H20BrN/c1-13(2,10-14)11-15(3)9-12-7-5-4-6-8-12/h4-8H,9-11H2,1-3H3. The highest BCUT2D eigenvalue weighted by Crippen LogP contribution is 2.19. The number of benzene rings is 1. The summed E-state index contributed by atoms with van der Waals surface area (Å²) in [6, 6.07) is 10.6. The molecule has 1 aromatic carbocycles. The van der Waals surface area contributed by atoms with E-state index in [9.17, 15) is 0 Å². The zero-order valence-corrected chi connectivity index (χ0v) is 11.4. The normalized spacial score (nSPS) is 12.1. The smallest absolute Gasteiger partial charge is 0.0230 e. The van der Waals surface area contributed by atoms with Gasteiger partial charge in [-0.15, -0.1) is 0 Å². The molecule has 0 aliphatic carbocycles. The number of hydrogen-bond acceptors (Lipinski definition) is 1. The van der Waals surface area contributed by atoms with Crippen molar-refractivity contribution in [3.8, 4) is 0 Å². The average Bonchev–Trinajstić information content (AvgIpc) is 2.18. The number of nitrogens with zero attached hydrogens (tertiary/aromatic N) is 1. The van der Waals surface area contributed by atoms with Gasteiger partial charge in [0.2, 0.25) is 0 Å². The Morgan fingerprint density at radius 3 is 2.33 bits per heavy atom. The third-order valence-corrected chi connectivity index (χ3v) is 3.87. The van der Waals surface area contributed by atoms with Crippen LogP contribution < -0.4 is 0 Å². The first-order chi connectivity index (χ1) is 7.03. The molecule has 0 bridgehead atoms. The van der Waals surface area contributed by atoms with Crippen LogP contribution in [0.2, 0.25) is 0 Å². The van der Waals surface area contributed by atoms with Crippen molar-refractivity contribution in [1.82, 2.24) is 4.90 Å². The molecule has 0 fully saturated rings. The first-order valence-electron chi connectivity index (χ1n) is 5.32. The van der Waals surface area contributed by atoms with E-state index in [1.807, 2.05) is 0 Å². The maximum atomic E-state index is 3.56. The van der Waals surface area contributed by atoms with Gasteiger partial charge in [0.15, 0.2) is 0 Å². The van der Waals surface area contributed by atoms with Crippen LogP contribution in [0, 0.1) is 5.41 Å². The summed E-state index contributed by atoms with van der Waals surface area (Å²) in [5, 5.41) is 1.04. The first kappa shape index (κ1) is 12.7. The lowest BCUT2D eigenvalue weighted by atomic mass is 9.96. The molecule has 15 heavy (non-hydrogen) atoms. The quantitative estimate of drug-likeness (QED) is 0.740. The fraction of sp³-hybridized carbons (Fsp3) is 0.538. The molecule has 0 heterocycles. The van der Waals surface area contributed by atoms with E-state index >= 15 is 0 Å². The molecule has 2 heteroatoms. The molecule has 0 aliphatic rings. The summed E-state index contributed by atoms with van der Waals surface area (Å²) in [5.41, 5.74) is 1.72. The second-order valence-electron chi connectivity index (χ2n) is 4.96. The number of rotatable bonds is 5. The van der Waals surface area contributed by atoms with Crippen LogP contribution in [0.3, 0.4) is 0 Å². The van der Waals surface area contributed by atoms with Crippen LogP contribution in [0.25, 0.3) is 0 Å². The summed E-state index contributed by atoms with van der Waals surface area (Å²) in [6.07, 6.45) is 0. The molecule has 84 valence electrons. The van der Waals surface area contributed by atoms with Gasteiger partial charge in [-0.2, -0.15) is 0 Å². The van der Waals surface area contributed by atoms with E-state index < -0.39 is 0 Å². The summed E-state index contributed by atoms with van der Waals surface area (Å²) < 4.78 is 0. The summed E-state index contributed by atoms with van der Waals surface area (Å²) >= 11 is 3.56. The third kappa shape index (κ3) is 4.80. The fourth-order valence-corrected chi connectivity index (χ4v) is 1.90. The van der Waals surface area contributed by atoms with E-state index in [-0.39, 0.29) is 0 Å². The molecular formula is C13H20BrN. The Balaban J connectivity index is 2.46. The highest BCUT2D eigenvalue weighted by Gasteiger charge is 2.18. The molecule has 0 N–H and O–H groups in total. The Bertz CT molecular complexity index is 282. The lowest BCUT2D eigenvalue weighted by Gasteiger charge is -2.28. The third-order valence-electron chi connectivity index (χ3n) is 2.36. The number of halogens is 1. The topological polar surface area (TPSA) is 3.24 Å². The summed E-state index contributed by atoms with van der Waals surface area (Å²) in [7, 11) is 2.18. The second kappa shape index (κ2) is 5.66. The van der Waals surface area contributed by atoms with Gasteiger partial charge in [-0.05, 0) is 18.0 Å². The largest absolute Gasteiger partial charge is 0.302 e. The van der Waals surface area contributed by atoms with Crippen molar-refractivity contribution in [3.05, 3.63) is 35.9 Å². The monoisotopic (exact) mass is 269 g/mol. The second-order valence-corrected chi connectivity index (χ2v) is 5.52. The fourth-order valence-electron chi connectivity index (χ4n) is 1.72. The van der Waals surface area contributed by atoms with Gasteiger partial charge >= 0.3 is 0 Å². The zero-order valence-electron chi connectivity index (χ0n) is 9.83. The van der Waals surface area contributed by atoms with Gasteiger partial charge in [0, 0.05) is 18.4 Å². The number of alkyl halides is 1. The van der Waals surface area contributed by atoms with Crippen LogP contribution in [0.4, 0.5) is 0 Å². The lowest BCUT2D eigenvalue weighted by Crippen LogP contribution is -2.32. The molecule has 0 amide bonds. The maximum Gasteiger partial charge on any atom is 0.0230 e. The van der Waals surface area contributed by atoms with E-state index in [1.54, 1.807) is 0 Å². The summed E-state index contributed by atoms with van der Waals surface area (Å²) in [4.78, 5) is 2.37. The van der Waals surface area contributed by atoms with Crippen molar-refractivity contribution in [2.24, 2.45) is 5.41 Å². The molecule has 1 rings (SSSR count). The molecule has 1 aromatic rings. The molecule has 0 atom stereocenters. The zero-order chi connectivity index (χ0) is 11.3. The number of hydrogen-bond donors (Lipinski definition) is 0. The van der Waals surface area contributed by atoms with Crippen molar-refractivity contribution in [2.75, 3.05) is 18.9 Å². The molecule has 1 nitrogen and oxygen atoms in total. The van der Waals surface area contributed by atoms with Crippen LogP contribution in [0.15, 0.2) is 30.3 Å². The Labute approximate surface area is 102 Å². The van der Waals surface area contributed by atoms with Crippen LogP contribution in [0.5, 0.6) is 0 Å². The van der Waals surface area contributed by atoms with Crippen LogP contribution in [-0.4, -0.2) is 23.8 Å². The minimum atomic E-state index is 0.337. The summed E-state index contributed by atoms with van der Waals surface area (Å²) in [6.45, 7) is 6.69. The highest BCUT2D eigenvalue weighted by molar-refractivity contribution is 9.09. The van der Waals surface area contributed by atoms with E-state index in [0.29, 0.717) is 5.41 Å². The molecule has 0 spiro atoms. The van der Waals surface area contributed by atoms with Gasteiger partial charge in [-0.25, -0.2) is 0 Å². The van der Waals surface area contributed by atoms with E-state index in [0.717, 1.165) is 18.4 Å². The van der Waals surface area contributed by atoms with Crippen LogP contribution >= 0.6 is 15.9 Å². The van der Waals surface area contributed by atoms with E-state index in [1.165, 1.54) is 5.56 Å². The molecule has 0 aromatic heterocycles. The molecule has 0 aliphatic heterocycles. The Hall–Kier alpha value is -0.340. The van der Waals surface area contributed by atoms with E-state index in [4.69, 9.17) is 0 Å². The predicted molar refractivity (Wildman–Crippen MR) is 70.4 cm³/mol. The first-order valence-corrected chi connectivity index (χ1v) is 6.44. The SMILES string of the molecule is CN(Cc1ccccc1)CC(C)(C)CBr. The van der Waals surface area contributed by atoms with Crippen molar-refractivity contribution in [3.63, 3.8) is 0 Å². The molecule has 0 saturated carbocycles. The van der Waals surface area contributed by atoms with Gasteiger partial charge < -0.3 is 4.90 Å². The van der Waals surface area contributed by atoms with E-state index in [2.05, 4.69) is 72.1 Å². The van der Waals surface area contributed by atoms with Gasteiger partial charge in [0.1, 0.15) is 0 Å². The molecular weight excluding hydrogens is 250 g/mol. The Kier molecular flexibility index (Phi) is 4.81. The van der Waals surface area contributed by atoms with Gasteiger partial charge in [-0.1, -0.05) is 60.1 Å². The Morgan fingerprint density at radius 1 is 1.20 bits per heavy atom. The maximum absolute atomic E-state index is 3.56. The average molecular weight is 270 g/mol. The van der Waals surface area contributed by atoms with Gasteiger partial charge in [-0.3, -0.25) is 0 Å². The van der Waals surface area contributed by atoms with Crippen LogP contribution in [-0.2, 0) is 6.54 Å². The molecule has 0 radical (unpaired) electrons. The highest BCUT2D eigenvalue weighted by atomic mass is 79.9. The van der Waals surface area contributed by atoms with Gasteiger partial charge in [0.05, 0.1) is 0 Å². The minimum Gasteiger partial charge on any atom is -0.302 e. The minimum absolute atomic E-state index is 0.337. The lowest BCUT2D eigenvalue weighted by molar-refractivity contribution is 0.226. The molecule has 0 saturated heterocycles. The Morgan fingerprint density at radius 2 is 1.80 bits per heavy atom. The predicted octanol–water partition coefficient (Wildman–Crippen LogP) is 3.54. The molecule has 0 unspecified atom stereocenters. The van der Waals surface area contributed by atoms with Gasteiger partial charge in [0.25, 0.3) is 0 Å². The van der Waals surface area contributed by atoms with Crippen molar-refractivity contribution < 1.29 is 0 Å². The van der Waals surface area contributed by atoms with Crippen LogP contribution in [0.1, 0.15) is 19.4 Å². The summed E-state index contributed by atoms with van der Waals surface area (Å²) in [5.74, 6) is 0. The van der Waals surface area contributed by atoms with Crippen molar-refractivity contribution in [2.45, 2.75) is 20.4 Å². The van der Waals surface area contributed by atoms with Crippen molar-refractivity contribution in [1.29, 1.82) is 0 Å². The van der Waals surface area contributed by atoms with Crippen molar-refractivity contribution >= 4 is 15.9 Å².